The fourth-order valence-electron chi connectivity index (χ4n) is 2.32. The van der Waals surface area contributed by atoms with Crippen molar-refractivity contribution in [2.24, 2.45) is 0 Å². The fraction of sp³-hybridized carbons (Fsp3) is 0.600. The Hall–Kier alpha value is -1.92. The Bertz CT molecular complexity index is 698. The van der Waals surface area contributed by atoms with Crippen LogP contribution in [0.5, 0.6) is 0 Å². The van der Waals surface area contributed by atoms with Gasteiger partial charge in [0.25, 0.3) is 5.56 Å². The summed E-state index contributed by atoms with van der Waals surface area (Å²) in [6.45, 7) is -0.256. The Labute approximate surface area is 132 Å². The van der Waals surface area contributed by atoms with E-state index in [0.717, 1.165) is 11.0 Å². The molecular weight excluding hydrogens is 304 g/mol. The topological polar surface area (TPSA) is 125 Å². The molecule has 0 amide bonds. The van der Waals surface area contributed by atoms with Crippen molar-refractivity contribution in [1.82, 2.24) is 9.55 Å². The first-order valence-corrected chi connectivity index (χ1v) is 7.46. The molecular formula is C15H20N2O6. The summed E-state index contributed by atoms with van der Waals surface area (Å²) in [6.07, 6.45) is 0.936. The highest BCUT2D eigenvalue weighted by atomic mass is 16.5. The van der Waals surface area contributed by atoms with Gasteiger partial charge in [0.15, 0.2) is 0 Å². The number of nitrogens with zero attached hydrogens (tertiary/aromatic N) is 1. The number of unbranched alkanes of at least 4 members (excludes halogenated alkanes) is 2. The van der Waals surface area contributed by atoms with Crippen molar-refractivity contribution in [3.63, 3.8) is 0 Å². The molecule has 8 heteroatoms. The van der Waals surface area contributed by atoms with Crippen LogP contribution in [-0.4, -0.2) is 50.3 Å². The summed E-state index contributed by atoms with van der Waals surface area (Å²) >= 11 is 0. The maximum atomic E-state index is 11.9. The summed E-state index contributed by atoms with van der Waals surface area (Å²) in [5.74, 6) is 5.51. The van der Waals surface area contributed by atoms with Crippen LogP contribution >= 0.6 is 0 Å². The zero-order valence-electron chi connectivity index (χ0n) is 12.6. The van der Waals surface area contributed by atoms with E-state index in [1.807, 2.05) is 0 Å². The van der Waals surface area contributed by atoms with Gasteiger partial charge in [-0.1, -0.05) is 11.8 Å². The smallest absolute Gasteiger partial charge is 0.330 e. The lowest BCUT2D eigenvalue weighted by atomic mass is 10.2. The van der Waals surface area contributed by atoms with E-state index in [2.05, 4.69) is 16.8 Å². The molecule has 23 heavy (non-hydrogen) atoms. The summed E-state index contributed by atoms with van der Waals surface area (Å²) in [4.78, 5) is 25.8. The first kappa shape index (κ1) is 17.4. The quantitative estimate of drug-likeness (QED) is 0.394. The van der Waals surface area contributed by atoms with Gasteiger partial charge < -0.3 is 20.1 Å². The standard InChI is InChI=1S/C15H20N2O6/c18-6-4-2-1-3-5-10-8-17(15(22)16-14(10)21)13-7-11(20)12(9-19)23-13/h8,11-13,18-20H,1-2,4,6-7,9H2,(H,16,21,22)/t11-,12+,13+/m0/s1. The maximum Gasteiger partial charge on any atom is 0.330 e. The van der Waals surface area contributed by atoms with Crippen molar-refractivity contribution in [3.8, 4) is 11.8 Å². The molecule has 1 aliphatic heterocycles. The van der Waals surface area contributed by atoms with Crippen molar-refractivity contribution < 1.29 is 20.1 Å². The zero-order valence-corrected chi connectivity index (χ0v) is 12.6. The molecule has 1 fully saturated rings. The minimum absolute atomic E-state index is 0.0977. The summed E-state index contributed by atoms with van der Waals surface area (Å²) in [5, 5.41) is 27.5. The summed E-state index contributed by atoms with van der Waals surface area (Å²) < 4.78 is 6.57. The molecule has 2 heterocycles. The highest BCUT2D eigenvalue weighted by molar-refractivity contribution is 5.29. The average Bonchev–Trinajstić information content (AvgIpc) is 2.89. The Morgan fingerprint density at radius 3 is 2.78 bits per heavy atom. The van der Waals surface area contributed by atoms with E-state index in [1.54, 1.807) is 0 Å². The van der Waals surface area contributed by atoms with Gasteiger partial charge in [-0.25, -0.2) is 4.79 Å². The van der Waals surface area contributed by atoms with Crippen LogP contribution in [0.2, 0.25) is 0 Å². The molecule has 0 bridgehead atoms. The third-order valence-corrected chi connectivity index (χ3v) is 3.60. The van der Waals surface area contributed by atoms with Crippen LogP contribution in [0.25, 0.3) is 0 Å². The van der Waals surface area contributed by atoms with E-state index in [-0.39, 0.29) is 25.2 Å². The molecule has 1 aromatic rings. The molecule has 8 nitrogen and oxygen atoms in total. The van der Waals surface area contributed by atoms with E-state index in [4.69, 9.17) is 14.9 Å². The van der Waals surface area contributed by atoms with E-state index < -0.39 is 29.7 Å². The summed E-state index contributed by atoms with van der Waals surface area (Å²) in [6, 6.07) is 0. The first-order valence-electron chi connectivity index (χ1n) is 7.46. The van der Waals surface area contributed by atoms with E-state index in [0.29, 0.717) is 12.8 Å². The van der Waals surface area contributed by atoms with Crippen molar-refractivity contribution in [2.75, 3.05) is 13.2 Å². The molecule has 1 saturated heterocycles. The Kier molecular flexibility index (Phi) is 6.12. The van der Waals surface area contributed by atoms with Crippen molar-refractivity contribution in [3.05, 3.63) is 32.6 Å². The van der Waals surface area contributed by atoms with Crippen LogP contribution in [0.15, 0.2) is 15.8 Å². The third-order valence-electron chi connectivity index (χ3n) is 3.60. The van der Waals surface area contributed by atoms with Crippen LogP contribution in [0.3, 0.4) is 0 Å². The minimum Gasteiger partial charge on any atom is -0.396 e. The second-order valence-corrected chi connectivity index (χ2v) is 5.31. The van der Waals surface area contributed by atoms with Crippen LogP contribution in [-0.2, 0) is 4.74 Å². The number of aromatic nitrogens is 2. The zero-order chi connectivity index (χ0) is 16.8. The van der Waals surface area contributed by atoms with E-state index >= 15 is 0 Å². The fourth-order valence-corrected chi connectivity index (χ4v) is 2.32. The van der Waals surface area contributed by atoms with Gasteiger partial charge in [0.1, 0.15) is 17.9 Å². The van der Waals surface area contributed by atoms with Crippen molar-refractivity contribution in [2.45, 2.75) is 44.1 Å². The van der Waals surface area contributed by atoms with Crippen LogP contribution in [0.1, 0.15) is 37.5 Å². The number of hydrogen-bond acceptors (Lipinski definition) is 6. The predicted octanol–water partition coefficient (Wildman–Crippen LogP) is -1.31. The van der Waals surface area contributed by atoms with Gasteiger partial charge in [-0.05, 0) is 12.8 Å². The molecule has 3 atom stereocenters. The molecule has 4 N–H and O–H groups in total. The second-order valence-electron chi connectivity index (χ2n) is 5.31. The molecule has 0 aromatic carbocycles. The van der Waals surface area contributed by atoms with Crippen molar-refractivity contribution in [1.29, 1.82) is 0 Å². The van der Waals surface area contributed by atoms with Gasteiger partial charge in [0, 0.05) is 25.6 Å². The Morgan fingerprint density at radius 1 is 1.35 bits per heavy atom. The number of nitrogens with one attached hydrogen (secondary N) is 1. The van der Waals surface area contributed by atoms with Crippen LogP contribution in [0, 0.1) is 11.8 Å². The molecule has 0 radical (unpaired) electrons. The molecule has 0 unspecified atom stereocenters. The van der Waals surface area contributed by atoms with Gasteiger partial charge >= 0.3 is 5.69 Å². The highest BCUT2D eigenvalue weighted by Crippen LogP contribution is 2.27. The normalized spacial score (nSPS) is 23.5. The van der Waals surface area contributed by atoms with Crippen LogP contribution < -0.4 is 11.2 Å². The molecule has 1 aliphatic rings. The molecule has 126 valence electrons. The number of H-pyrrole nitrogens is 1. The largest absolute Gasteiger partial charge is 0.396 e. The minimum atomic E-state index is -0.878. The Morgan fingerprint density at radius 2 is 2.13 bits per heavy atom. The van der Waals surface area contributed by atoms with E-state index in [1.165, 1.54) is 6.20 Å². The van der Waals surface area contributed by atoms with Gasteiger partial charge in [0.05, 0.1) is 12.7 Å². The number of aliphatic hydroxyl groups is 3. The molecule has 0 aliphatic carbocycles. The second kappa shape index (κ2) is 8.08. The molecule has 0 spiro atoms. The SMILES string of the molecule is O=c1[nH]c(=O)n([C@H]2C[C@H](O)[C@@H](CO)O2)cc1C#CCCCCO. The Balaban J connectivity index is 2.20. The first-order chi connectivity index (χ1) is 11.1. The lowest BCUT2D eigenvalue weighted by Crippen LogP contribution is -2.33. The average molecular weight is 324 g/mol. The van der Waals surface area contributed by atoms with Gasteiger partial charge in [-0.3, -0.25) is 14.3 Å². The number of hydrogen-bond donors (Lipinski definition) is 4. The van der Waals surface area contributed by atoms with Gasteiger partial charge in [-0.15, -0.1) is 0 Å². The van der Waals surface area contributed by atoms with Crippen molar-refractivity contribution >= 4 is 0 Å². The van der Waals surface area contributed by atoms with Gasteiger partial charge in [0.2, 0.25) is 0 Å². The lowest BCUT2D eigenvalue weighted by molar-refractivity contribution is -0.0459. The maximum absolute atomic E-state index is 11.9. The third kappa shape index (κ3) is 4.30. The number of aliphatic hydroxyl groups excluding tert-OH is 3. The number of rotatable bonds is 5. The van der Waals surface area contributed by atoms with E-state index in [9.17, 15) is 14.7 Å². The monoisotopic (exact) mass is 324 g/mol. The predicted molar refractivity (Wildman–Crippen MR) is 80.8 cm³/mol. The van der Waals surface area contributed by atoms with Gasteiger partial charge in [-0.2, -0.15) is 0 Å². The summed E-state index contributed by atoms with van der Waals surface area (Å²) in [7, 11) is 0. The number of ether oxygens (including phenoxy) is 1. The number of aromatic amines is 1. The highest BCUT2D eigenvalue weighted by Gasteiger charge is 2.35. The summed E-state index contributed by atoms with van der Waals surface area (Å²) in [5.41, 5.74) is -1.12. The molecule has 0 saturated carbocycles. The molecule has 1 aromatic heterocycles. The lowest BCUT2D eigenvalue weighted by Gasteiger charge is -2.14. The van der Waals surface area contributed by atoms with Crippen LogP contribution in [0.4, 0.5) is 0 Å². The molecule has 2 rings (SSSR count).